The first-order chi connectivity index (χ1) is 10.6. The maximum Gasteiger partial charge on any atom is 0.222 e. The summed E-state index contributed by atoms with van der Waals surface area (Å²) in [5, 5.41) is 9.37. The van der Waals surface area contributed by atoms with Gasteiger partial charge >= 0.3 is 0 Å². The number of hydrogen-bond donors (Lipinski definition) is 2. The average molecular weight is 307 g/mol. The first-order valence-electron chi connectivity index (χ1n) is 6.59. The van der Waals surface area contributed by atoms with E-state index in [-0.39, 0.29) is 17.3 Å². The second-order valence-corrected chi connectivity index (χ2v) is 6.05. The van der Waals surface area contributed by atoms with Crippen molar-refractivity contribution in [3.05, 3.63) is 46.8 Å². The Labute approximate surface area is 131 Å². The fourth-order valence-electron chi connectivity index (χ4n) is 2.28. The Morgan fingerprint density at radius 3 is 2.41 bits per heavy atom. The number of benzene rings is 1. The van der Waals surface area contributed by atoms with Crippen molar-refractivity contribution >= 4 is 23.1 Å². The van der Waals surface area contributed by atoms with Gasteiger partial charge in [0.15, 0.2) is 0 Å². The quantitative estimate of drug-likeness (QED) is 0.757. The molecule has 0 aliphatic heterocycles. The Morgan fingerprint density at radius 2 is 1.77 bits per heavy atom. The standard InChI is InChI=1S/C16H13N5S/c1-9-6-7-13(22-9)10-4-2-3-5-11(10)14-12(8-17)15(18)21-16(19)20-14/h2-7H,1H3,(H4,18,19,20,21). The summed E-state index contributed by atoms with van der Waals surface area (Å²) in [5.41, 5.74) is 14.0. The molecule has 2 aromatic heterocycles. The maximum absolute atomic E-state index is 9.37. The molecule has 0 spiro atoms. The summed E-state index contributed by atoms with van der Waals surface area (Å²) in [4.78, 5) is 10.4. The van der Waals surface area contributed by atoms with Crippen molar-refractivity contribution in [2.45, 2.75) is 6.92 Å². The van der Waals surface area contributed by atoms with Gasteiger partial charge in [0.05, 0.1) is 5.69 Å². The third-order valence-electron chi connectivity index (χ3n) is 3.25. The van der Waals surface area contributed by atoms with E-state index in [2.05, 4.69) is 35.1 Å². The summed E-state index contributed by atoms with van der Waals surface area (Å²) in [5.74, 6) is 0.158. The van der Waals surface area contributed by atoms with Crippen molar-refractivity contribution in [3.63, 3.8) is 0 Å². The smallest absolute Gasteiger partial charge is 0.222 e. The molecule has 0 aliphatic rings. The Hall–Kier alpha value is -2.91. The third-order valence-corrected chi connectivity index (χ3v) is 4.29. The van der Waals surface area contributed by atoms with E-state index in [4.69, 9.17) is 11.5 Å². The molecule has 0 amide bonds. The predicted molar refractivity (Wildman–Crippen MR) is 89.1 cm³/mol. The molecule has 0 aliphatic carbocycles. The number of nitrogens with zero attached hydrogens (tertiary/aromatic N) is 3. The predicted octanol–water partition coefficient (Wildman–Crippen LogP) is 3.22. The number of nitriles is 1. The molecule has 1 aromatic carbocycles. The number of nitrogens with two attached hydrogens (primary N) is 2. The fraction of sp³-hybridized carbons (Fsp3) is 0.0625. The summed E-state index contributed by atoms with van der Waals surface area (Å²) in [6, 6.07) is 13.9. The molecule has 3 rings (SSSR count). The Balaban J connectivity index is 2.29. The molecule has 2 heterocycles. The van der Waals surface area contributed by atoms with Gasteiger partial charge in [0.25, 0.3) is 0 Å². The second-order valence-electron chi connectivity index (χ2n) is 4.76. The third kappa shape index (κ3) is 2.38. The normalized spacial score (nSPS) is 10.4. The van der Waals surface area contributed by atoms with Crippen LogP contribution in [0.25, 0.3) is 21.7 Å². The number of hydrogen-bond acceptors (Lipinski definition) is 6. The van der Waals surface area contributed by atoms with Gasteiger partial charge in [-0.2, -0.15) is 10.2 Å². The van der Waals surface area contributed by atoms with Gasteiger partial charge in [0.2, 0.25) is 5.95 Å². The summed E-state index contributed by atoms with van der Waals surface area (Å²) in [7, 11) is 0. The summed E-state index contributed by atoms with van der Waals surface area (Å²) < 4.78 is 0. The number of rotatable bonds is 2. The maximum atomic E-state index is 9.37. The minimum absolute atomic E-state index is 0.0589. The van der Waals surface area contributed by atoms with Gasteiger partial charge in [-0.1, -0.05) is 24.3 Å². The minimum atomic E-state index is 0.0589. The largest absolute Gasteiger partial charge is 0.382 e. The van der Waals surface area contributed by atoms with E-state index in [0.29, 0.717) is 5.69 Å². The van der Waals surface area contributed by atoms with Crippen LogP contribution in [0, 0.1) is 18.3 Å². The molecule has 0 unspecified atom stereocenters. The molecule has 0 fully saturated rings. The molecular formula is C16H13N5S. The van der Waals surface area contributed by atoms with Gasteiger partial charge in [-0.3, -0.25) is 0 Å². The van der Waals surface area contributed by atoms with Gasteiger partial charge in [-0.15, -0.1) is 11.3 Å². The van der Waals surface area contributed by atoms with E-state index in [1.165, 1.54) is 4.88 Å². The van der Waals surface area contributed by atoms with E-state index in [9.17, 15) is 5.26 Å². The number of nitrogen functional groups attached to an aromatic ring is 2. The molecule has 4 N–H and O–H groups in total. The van der Waals surface area contributed by atoms with Crippen LogP contribution < -0.4 is 11.5 Å². The number of aromatic nitrogens is 2. The SMILES string of the molecule is Cc1ccc(-c2ccccc2-c2nc(N)nc(N)c2C#N)s1. The van der Waals surface area contributed by atoms with Crippen LogP contribution in [0.4, 0.5) is 11.8 Å². The van der Waals surface area contributed by atoms with Crippen LogP contribution in [0.2, 0.25) is 0 Å². The molecule has 3 aromatic rings. The molecule has 108 valence electrons. The Bertz CT molecular complexity index is 892. The van der Waals surface area contributed by atoms with E-state index in [1.807, 2.05) is 24.3 Å². The van der Waals surface area contributed by atoms with Crippen molar-refractivity contribution < 1.29 is 0 Å². The van der Waals surface area contributed by atoms with Gasteiger partial charge in [-0.05, 0) is 19.1 Å². The fourth-order valence-corrected chi connectivity index (χ4v) is 3.19. The monoisotopic (exact) mass is 307 g/mol. The van der Waals surface area contributed by atoms with Gasteiger partial charge < -0.3 is 11.5 Å². The van der Waals surface area contributed by atoms with Crippen LogP contribution >= 0.6 is 11.3 Å². The molecule has 0 bridgehead atoms. The van der Waals surface area contributed by atoms with Crippen LogP contribution in [0.3, 0.4) is 0 Å². The van der Waals surface area contributed by atoms with Crippen molar-refractivity contribution in [2.24, 2.45) is 0 Å². The highest BCUT2D eigenvalue weighted by Crippen LogP contribution is 2.37. The van der Waals surface area contributed by atoms with E-state index >= 15 is 0 Å². The zero-order chi connectivity index (χ0) is 15.7. The summed E-state index contributed by atoms with van der Waals surface area (Å²) >= 11 is 1.68. The van der Waals surface area contributed by atoms with Crippen LogP contribution in [0.1, 0.15) is 10.4 Å². The molecular weight excluding hydrogens is 294 g/mol. The Kier molecular flexibility index (Phi) is 3.49. The number of anilines is 2. The topological polar surface area (TPSA) is 102 Å². The molecule has 0 radical (unpaired) electrons. The lowest BCUT2D eigenvalue weighted by Crippen LogP contribution is -2.05. The average Bonchev–Trinajstić information content (AvgIpc) is 2.93. The lowest BCUT2D eigenvalue weighted by molar-refractivity contribution is 1.18. The Morgan fingerprint density at radius 1 is 1.05 bits per heavy atom. The van der Waals surface area contributed by atoms with Crippen LogP contribution in [0.15, 0.2) is 36.4 Å². The van der Waals surface area contributed by atoms with E-state index in [0.717, 1.165) is 16.0 Å². The minimum Gasteiger partial charge on any atom is -0.382 e. The van der Waals surface area contributed by atoms with Crippen molar-refractivity contribution in [1.29, 1.82) is 5.26 Å². The number of thiophene rings is 1. The number of aryl methyl sites for hydroxylation is 1. The lowest BCUT2D eigenvalue weighted by Gasteiger charge is -2.10. The highest BCUT2D eigenvalue weighted by atomic mass is 32.1. The highest BCUT2D eigenvalue weighted by Gasteiger charge is 2.17. The van der Waals surface area contributed by atoms with Crippen molar-refractivity contribution in [1.82, 2.24) is 9.97 Å². The van der Waals surface area contributed by atoms with Gasteiger partial charge in [-0.25, -0.2) is 4.98 Å². The molecule has 22 heavy (non-hydrogen) atoms. The van der Waals surface area contributed by atoms with Crippen LogP contribution in [-0.4, -0.2) is 9.97 Å². The van der Waals surface area contributed by atoms with Gasteiger partial charge in [0.1, 0.15) is 17.5 Å². The summed E-state index contributed by atoms with van der Waals surface area (Å²) in [6.45, 7) is 2.05. The zero-order valence-corrected chi connectivity index (χ0v) is 12.7. The molecule has 0 atom stereocenters. The molecule has 0 saturated carbocycles. The highest BCUT2D eigenvalue weighted by molar-refractivity contribution is 7.15. The lowest BCUT2D eigenvalue weighted by atomic mass is 10.00. The van der Waals surface area contributed by atoms with Gasteiger partial charge in [0, 0.05) is 20.9 Å². The first kappa shape index (κ1) is 14.0. The molecule has 5 nitrogen and oxygen atoms in total. The first-order valence-corrected chi connectivity index (χ1v) is 7.41. The molecule has 0 saturated heterocycles. The van der Waals surface area contributed by atoms with E-state index < -0.39 is 0 Å². The zero-order valence-electron chi connectivity index (χ0n) is 11.9. The molecule has 6 heteroatoms. The van der Waals surface area contributed by atoms with Crippen LogP contribution in [0.5, 0.6) is 0 Å². The van der Waals surface area contributed by atoms with Crippen LogP contribution in [-0.2, 0) is 0 Å². The second kappa shape index (κ2) is 5.47. The van der Waals surface area contributed by atoms with E-state index in [1.54, 1.807) is 11.3 Å². The van der Waals surface area contributed by atoms with Crippen molar-refractivity contribution in [3.8, 4) is 27.8 Å². The summed E-state index contributed by atoms with van der Waals surface area (Å²) in [6.07, 6.45) is 0. The van der Waals surface area contributed by atoms with Crippen molar-refractivity contribution in [2.75, 3.05) is 11.5 Å².